The zero-order valence-corrected chi connectivity index (χ0v) is 58.4. The van der Waals surface area contributed by atoms with E-state index in [1.807, 2.05) is 0 Å². The van der Waals surface area contributed by atoms with E-state index in [0.717, 1.165) is 232 Å². The molecule has 0 spiro atoms. The van der Waals surface area contributed by atoms with Gasteiger partial charge in [-0.15, -0.1) is 0 Å². The monoisotopic (exact) mass is 1270 g/mol. The Morgan fingerprint density at radius 1 is 0.230 bits per heavy atom. The number of unbranched alkanes of at least 4 members (excludes halogenated alkanes) is 40. The van der Waals surface area contributed by atoms with Crippen LogP contribution >= 0.6 is 0 Å². The SMILES string of the molecule is CCCCCCCCC(O)(CCCCCCCCOCCCCCCCCC(O)(CCCCCCCC)C(=O)[O-])C(=O)[O-].CCCCCCCCC(O)(CCCCCCCCOCCCCCCCCC(O)(CCCCCCCC)C(=O)[O-])C(=O)[O-].[Ti+4]. The van der Waals surface area contributed by atoms with Crippen molar-refractivity contribution in [2.75, 3.05) is 26.4 Å². The van der Waals surface area contributed by atoms with Gasteiger partial charge in [0.25, 0.3) is 0 Å². The molecule has 0 radical (unpaired) electrons. The fraction of sp³-hybridized carbons (Fsp3) is 0.944. The maximum Gasteiger partial charge on any atom is 4.00 e. The summed E-state index contributed by atoms with van der Waals surface area (Å²) in [4.78, 5) is 45.9. The molecule has 0 aliphatic carbocycles. The number of hydrogen-bond acceptors (Lipinski definition) is 14. The second-order valence-corrected chi connectivity index (χ2v) is 26.1. The number of aliphatic carboxylic acids is 4. The van der Waals surface area contributed by atoms with Crippen molar-refractivity contribution in [3.8, 4) is 0 Å². The van der Waals surface area contributed by atoms with Crippen LogP contribution in [0.25, 0.3) is 0 Å². The van der Waals surface area contributed by atoms with Gasteiger partial charge in [-0.2, -0.15) is 0 Å². The molecule has 0 saturated heterocycles. The van der Waals surface area contributed by atoms with Crippen LogP contribution in [-0.4, -0.2) is 93.1 Å². The fourth-order valence-electron chi connectivity index (χ4n) is 11.6. The van der Waals surface area contributed by atoms with Crippen molar-refractivity contribution in [3.63, 3.8) is 0 Å². The topological polar surface area (TPSA) is 260 Å². The summed E-state index contributed by atoms with van der Waals surface area (Å²) < 4.78 is 11.5. The van der Waals surface area contributed by atoms with Crippen LogP contribution in [0.4, 0.5) is 0 Å². The Labute approximate surface area is 548 Å². The predicted molar refractivity (Wildman–Crippen MR) is 343 cm³/mol. The summed E-state index contributed by atoms with van der Waals surface area (Å²) in [5.74, 6) is -5.28. The number of rotatable bonds is 68. The summed E-state index contributed by atoms with van der Waals surface area (Å²) in [6.45, 7) is 11.7. The Morgan fingerprint density at radius 2 is 0.345 bits per heavy atom. The summed E-state index contributed by atoms with van der Waals surface area (Å²) in [6.07, 6.45) is 51.5. The first-order chi connectivity index (χ1) is 41.4. The molecule has 4 N–H and O–H groups in total. The van der Waals surface area contributed by atoms with Crippen molar-refractivity contribution in [1.82, 2.24) is 0 Å². The van der Waals surface area contributed by atoms with Gasteiger partial charge in [0.1, 0.15) is 22.4 Å². The molecule has 0 aromatic rings. The van der Waals surface area contributed by atoms with E-state index < -0.39 is 46.3 Å². The van der Waals surface area contributed by atoms with Crippen molar-refractivity contribution in [3.05, 3.63) is 0 Å². The van der Waals surface area contributed by atoms with Crippen LogP contribution in [0, 0.1) is 0 Å². The summed E-state index contributed by atoms with van der Waals surface area (Å²) in [5.41, 5.74) is -6.69. The van der Waals surface area contributed by atoms with E-state index in [4.69, 9.17) is 9.47 Å². The number of ether oxygens (including phenoxy) is 2. The molecule has 0 aliphatic heterocycles. The molecule has 0 saturated carbocycles. The standard InChI is InChI=1S/2C36H70O7.Ti/c2*1-3-5-7-9-15-21-27-35(41,33(37)38)29-23-17-11-13-19-25-31-43-32-26-20-14-12-18-24-30-36(42,34(39)40)28-22-16-10-8-6-4-2;/h2*41-42H,3-32H2,1-2H3,(H,37,38)(H,39,40);/q;;+4/p-4. The van der Waals surface area contributed by atoms with Crippen LogP contribution in [-0.2, 0) is 50.4 Å². The molecule has 0 aliphatic rings. The van der Waals surface area contributed by atoms with Gasteiger partial charge < -0.3 is 69.5 Å². The molecule has 0 aromatic heterocycles. The van der Waals surface area contributed by atoms with Crippen LogP contribution in [0.1, 0.15) is 387 Å². The normalized spacial score (nSPS) is 14.3. The number of aliphatic hydroxyl groups is 4. The summed E-state index contributed by atoms with van der Waals surface area (Å²) in [7, 11) is 0. The van der Waals surface area contributed by atoms with Gasteiger partial charge in [-0.05, 0) is 77.0 Å². The first kappa shape index (κ1) is 89.6. The van der Waals surface area contributed by atoms with Crippen LogP contribution in [0.3, 0.4) is 0 Å². The number of carboxylic acids is 4. The molecular formula is C72H136O14Ti. The van der Waals surface area contributed by atoms with E-state index in [0.29, 0.717) is 51.4 Å². The Bertz CT molecular complexity index is 1320. The maximum atomic E-state index is 11.5. The van der Waals surface area contributed by atoms with E-state index in [2.05, 4.69) is 27.7 Å². The molecule has 4 atom stereocenters. The van der Waals surface area contributed by atoms with Crippen LogP contribution in [0.2, 0.25) is 0 Å². The van der Waals surface area contributed by atoms with Gasteiger partial charge in [-0.25, -0.2) is 0 Å². The third kappa shape index (κ3) is 54.6. The smallest absolute Gasteiger partial charge is 0.547 e. The minimum atomic E-state index is -1.67. The van der Waals surface area contributed by atoms with Crippen molar-refractivity contribution in [1.29, 1.82) is 0 Å². The molecule has 0 rings (SSSR count). The minimum absolute atomic E-state index is 0. The second kappa shape index (κ2) is 63.1. The molecule has 0 bridgehead atoms. The van der Waals surface area contributed by atoms with Crippen molar-refractivity contribution in [2.45, 2.75) is 410 Å². The molecule has 87 heavy (non-hydrogen) atoms. The quantitative estimate of drug-likeness (QED) is 0.0326. The average Bonchev–Trinajstić information content (AvgIpc) is 3.70. The largest absolute Gasteiger partial charge is 4.00 e. The Hall–Kier alpha value is -1.65. The van der Waals surface area contributed by atoms with Crippen LogP contribution in [0.5, 0.6) is 0 Å². The van der Waals surface area contributed by atoms with Gasteiger partial charge in [0.2, 0.25) is 0 Å². The van der Waals surface area contributed by atoms with Gasteiger partial charge in [-0.1, -0.05) is 310 Å². The number of carbonyl (C=O) groups excluding carboxylic acids is 4. The molecule has 0 heterocycles. The number of carboxylic acid groups (broad SMARTS) is 4. The molecule has 4 unspecified atom stereocenters. The van der Waals surface area contributed by atoms with E-state index in [1.165, 1.54) is 77.0 Å². The van der Waals surface area contributed by atoms with E-state index in [9.17, 15) is 60.0 Å². The average molecular weight is 1270 g/mol. The van der Waals surface area contributed by atoms with Gasteiger partial charge in [-0.3, -0.25) is 0 Å². The Kier molecular flexibility index (Phi) is 65.0. The molecule has 15 heteroatoms. The molecule has 14 nitrogen and oxygen atoms in total. The van der Waals surface area contributed by atoms with Crippen molar-refractivity contribution < 1.29 is 91.2 Å². The zero-order valence-electron chi connectivity index (χ0n) is 56.8. The van der Waals surface area contributed by atoms with Crippen LogP contribution < -0.4 is 20.4 Å². The second-order valence-electron chi connectivity index (χ2n) is 26.1. The molecule has 512 valence electrons. The van der Waals surface area contributed by atoms with E-state index in [1.54, 1.807) is 0 Å². The van der Waals surface area contributed by atoms with E-state index >= 15 is 0 Å². The first-order valence-corrected chi connectivity index (χ1v) is 36.3. The Balaban J connectivity index is -0.00000160. The van der Waals surface area contributed by atoms with Gasteiger partial charge in [0.15, 0.2) is 0 Å². The Morgan fingerprint density at radius 3 is 0.471 bits per heavy atom. The number of carbonyl (C=O) groups is 4. The minimum Gasteiger partial charge on any atom is -0.547 e. The summed E-state index contributed by atoms with van der Waals surface area (Å²) >= 11 is 0. The van der Waals surface area contributed by atoms with Gasteiger partial charge in [0, 0.05) is 26.4 Å². The van der Waals surface area contributed by atoms with Gasteiger partial charge in [0.05, 0.1) is 23.9 Å². The third-order valence-electron chi connectivity index (χ3n) is 17.8. The predicted octanol–water partition coefficient (Wildman–Crippen LogP) is 13.9. The van der Waals surface area contributed by atoms with Crippen molar-refractivity contribution in [2.24, 2.45) is 0 Å². The summed E-state index contributed by atoms with van der Waals surface area (Å²) in [5, 5.41) is 87.9. The molecule has 0 fully saturated rings. The molecule has 0 amide bonds. The third-order valence-corrected chi connectivity index (χ3v) is 17.8. The first-order valence-electron chi connectivity index (χ1n) is 36.3. The van der Waals surface area contributed by atoms with E-state index in [-0.39, 0.29) is 47.4 Å². The van der Waals surface area contributed by atoms with Crippen LogP contribution in [0.15, 0.2) is 0 Å². The zero-order chi connectivity index (χ0) is 64.2. The summed E-state index contributed by atoms with van der Waals surface area (Å²) in [6, 6.07) is 0. The maximum absolute atomic E-state index is 11.5. The number of hydrogen-bond donors (Lipinski definition) is 4. The van der Waals surface area contributed by atoms with Gasteiger partial charge >= 0.3 is 21.7 Å². The fourth-order valence-corrected chi connectivity index (χ4v) is 11.6. The van der Waals surface area contributed by atoms with Crippen molar-refractivity contribution >= 4 is 23.9 Å². The molecular weight excluding hydrogens is 1140 g/mol. The molecule has 0 aromatic carbocycles.